The molecule has 20 heavy (non-hydrogen) atoms. The molecule has 0 aliphatic rings. The van der Waals surface area contributed by atoms with Crippen LogP contribution in [0.25, 0.3) is 0 Å². The van der Waals surface area contributed by atoms with Gasteiger partial charge in [0.25, 0.3) is 0 Å². The van der Waals surface area contributed by atoms with Crippen LogP contribution in [0.5, 0.6) is 0 Å². The Balaban J connectivity index is 5.86. The molecule has 0 bridgehead atoms. The van der Waals surface area contributed by atoms with E-state index in [1.54, 1.807) is 0 Å². The summed E-state index contributed by atoms with van der Waals surface area (Å²) in [5.74, 6) is -13.7. The zero-order chi connectivity index (χ0) is 16.0. The van der Waals surface area contributed by atoms with Crippen LogP contribution >= 0.6 is 0 Å². The zero-order valence-corrected chi connectivity index (χ0v) is 9.72. The summed E-state index contributed by atoms with van der Waals surface area (Å²) in [6.45, 7) is 0. The number of carbonyl (C=O) groups is 5. The maximum Gasteiger partial charge on any atom is 0.332 e. The Hall–Kier alpha value is -2.91. The van der Waals surface area contributed by atoms with E-state index in [9.17, 15) is 24.0 Å². The molecule has 0 heterocycles. The standard InChI is InChI=1S/C10H10O10/c11-5(12)1-3(8(15)16)7(10(19)20)4(9(17)18)2-6(13)14/h1,4,7H,2H2,(H,11,12)(H,13,14)(H,15,16)(H,17,18)(H,19,20)/b3-1+. The summed E-state index contributed by atoms with van der Waals surface area (Å²) in [5, 5.41) is 43.5. The minimum atomic E-state index is -2.31. The van der Waals surface area contributed by atoms with Crippen LogP contribution in [0, 0.1) is 11.8 Å². The average molecular weight is 290 g/mol. The molecule has 0 aliphatic heterocycles. The van der Waals surface area contributed by atoms with Crippen molar-refractivity contribution in [3.05, 3.63) is 11.6 Å². The van der Waals surface area contributed by atoms with Gasteiger partial charge in [-0.2, -0.15) is 0 Å². The SMILES string of the molecule is O=C(O)/C=C(/C(=O)O)C(C(=O)O)C(CC(=O)O)C(=O)O. The lowest BCUT2D eigenvalue weighted by atomic mass is 9.83. The molecular formula is C10H10O10. The zero-order valence-electron chi connectivity index (χ0n) is 9.72. The van der Waals surface area contributed by atoms with E-state index in [2.05, 4.69) is 0 Å². The van der Waals surface area contributed by atoms with Gasteiger partial charge in [-0.1, -0.05) is 0 Å². The van der Waals surface area contributed by atoms with Gasteiger partial charge in [0.15, 0.2) is 0 Å². The molecule has 0 amide bonds. The van der Waals surface area contributed by atoms with E-state index < -0.39 is 53.7 Å². The third-order valence-electron chi connectivity index (χ3n) is 2.24. The summed E-state index contributed by atoms with van der Waals surface area (Å²) >= 11 is 0. The van der Waals surface area contributed by atoms with Crippen molar-refractivity contribution in [1.29, 1.82) is 0 Å². The molecule has 0 rings (SSSR count). The first-order valence-electron chi connectivity index (χ1n) is 4.93. The van der Waals surface area contributed by atoms with E-state index in [0.717, 1.165) is 0 Å². The average Bonchev–Trinajstić information content (AvgIpc) is 2.24. The summed E-state index contributed by atoms with van der Waals surface area (Å²) in [6, 6.07) is 0. The second kappa shape index (κ2) is 6.87. The van der Waals surface area contributed by atoms with Gasteiger partial charge in [-0.15, -0.1) is 0 Å². The molecule has 2 atom stereocenters. The van der Waals surface area contributed by atoms with E-state index in [4.69, 9.17) is 25.5 Å². The van der Waals surface area contributed by atoms with Gasteiger partial charge in [-0.3, -0.25) is 14.4 Å². The predicted molar refractivity (Wildman–Crippen MR) is 57.9 cm³/mol. The monoisotopic (exact) mass is 290 g/mol. The molecule has 0 aliphatic carbocycles. The molecule has 0 fully saturated rings. The van der Waals surface area contributed by atoms with Crippen LogP contribution in [0.3, 0.4) is 0 Å². The van der Waals surface area contributed by atoms with Crippen LogP contribution in [0.1, 0.15) is 6.42 Å². The fourth-order valence-corrected chi connectivity index (χ4v) is 1.48. The Morgan fingerprint density at radius 3 is 1.60 bits per heavy atom. The Bertz CT molecular complexity index is 488. The third kappa shape index (κ3) is 4.76. The summed E-state index contributed by atoms with van der Waals surface area (Å²) < 4.78 is 0. The fraction of sp³-hybridized carbons (Fsp3) is 0.300. The topological polar surface area (TPSA) is 186 Å². The van der Waals surface area contributed by atoms with Gasteiger partial charge in [-0.05, 0) is 0 Å². The van der Waals surface area contributed by atoms with Crippen molar-refractivity contribution in [3.8, 4) is 0 Å². The summed E-state index contributed by atoms with van der Waals surface area (Å²) in [5.41, 5.74) is -1.22. The number of hydrogen-bond donors (Lipinski definition) is 5. The summed E-state index contributed by atoms with van der Waals surface area (Å²) in [6.07, 6.45) is -1.14. The molecule has 0 aromatic heterocycles. The van der Waals surface area contributed by atoms with Crippen molar-refractivity contribution in [3.63, 3.8) is 0 Å². The highest BCUT2D eigenvalue weighted by Gasteiger charge is 2.41. The van der Waals surface area contributed by atoms with Crippen molar-refractivity contribution >= 4 is 29.8 Å². The van der Waals surface area contributed by atoms with Gasteiger partial charge in [0.1, 0.15) is 5.92 Å². The Labute approximate surface area is 110 Å². The normalized spacial score (nSPS) is 14.1. The first-order valence-corrected chi connectivity index (χ1v) is 4.93. The highest BCUT2D eigenvalue weighted by atomic mass is 16.4. The second-order valence-corrected chi connectivity index (χ2v) is 3.60. The van der Waals surface area contributed by atoms with Crippen LogP contribution < -0.4 is 0 Å². The molecule has 0 saturated carbocycles. The lowest BCUT2D eigenvalue weighted by molar-refractivity contribution is -0.157. The smallest absolute Gasteiger partial charge is 0.332 e. The van der Waals surface area contributed by atoms with E-state index in [0.29, 0.717) is 0 Å². The highest BCUT2D eigenvalue weighted by Crippen LogP contribution is 2.25. The molecule has 0 aromatic rings. The molecule has 0 saturated heterocycles. The molecule has 10 heteroatoms. The predicted octanol–water partition coefficient (Wildman–Crippen LogP) is -1.04. The molecule has 0 spiro atoms. The van der Waals surface area contributed by atoms with Gasteiger partial charge in [0.2, 0.25) is 0 Å². The van der Waals surface area contributed by atoms with Crippen LogP contribution in [0.2, 0.25) is 0 Å². The summed E-state index contributed by atoms with van der Waals surface area (Å²) in [7, 11) is 0. The van der Waals surface area contributed by atoms with Gasteiger partial charge in [-0.25, -0.2) is 9.59 Å². The summed E-state index contributed by atoms with van der Waals surface area (Å²) in [4.78, 5) is 53.7. The van der Waals surface area contributed by atoms with Crippen LogP contribution in [-0.4, -0.2) is 55.4 Å². The second-order valence-electron chi connectivity index (χ2n) is 3.60. The van der Waals surface area contributed by atoms with Gasteiger partial charge in [0.05, 0.1) is 17.9 Å². The molecule has 10 nitrogen and oxygen atoms in total. The van der Waals surface area contributed by atoms with Crippen molar-refractivity contribution in [2.24, 2.45) is 11.8 Å². The minimum Gasteiger partial charge on any atom is -0.481 e. The van der Waals surface area contributed by atoms with Crippen LogP contribution in [-0.2, 0) is 24.0 Å². The van der Waals surface area contributed by atoms with Crippen molar-refractivity contribution < 1.29 is 49.5 Å². The van der Waals surface area contributed by atoms with Crippen LogP contribution in [0.15, 0.2) is 11.6 Å². The molecule has 0 radical (unpaired) electrons. The van der Waals surface area contributed by atoms with Gasteiger partial charge < -0.3 is 25.5 Å². The number of carboxylic acids is 5. The number of aliphatic carboxylic acids is 5. The maximum atomic E-state index is 11.0. The quantitative estimate of drug-likeness (QED) is 0.345. The number of rotatable bonds is 8. The molecular weight excluding hydrogens is 280 g/mol. The number of carboxylic acid groups (broad SMARTS) is 5. The molecule has 2 unspecified atom stereocenters. The lowest BCUT2D eigenvalue weighted by Gasteiger charge is -2.19. The third-order valence-corrected chi connectivity index (χ3v) is 2.24. The Morgan fingerprint density at radius 2 is 1.35 bits per heavy atom. The Morgan fingerprint density at radius 1 is 0.850 bits per heavy atom. The first-order chi connectivity index (χ1) is 9.07. The van der Waals surface area contributed by atoms with Crippen molar-refractivity contribution in [2.45, 2.75) is 6.42 Å². The lowest BCUT2D eigenvalue weighted by Crippen LogP contribution is -2.35. The fourth-order valence-electron chi connectivity index (χ4n) is 1.48. The molecule has 0 aromatic carbocycles. The van der Waals surface area contributed by atoms with Crippen LogP contribution in [0.4, 0.5) is 0 Å². The van der Waals surface area contributed by atoms with Gasteiger partial charge in [0, 0.05) is 6.08 Å². The molecule has 5 N–H and O–H groups in total. The number of hydrogen-bond acceptors (Lipinski definition) is 5. The first kappa shape index (κ1) is 17.1. The van der Waals surface area contributed by atoms with E-state index in [1.165, 1.54) is 0 Å². The largest absolute Gasteiger partial charge is 0.481 e. The van der Waals surface area contributed by atoms with E-state index in [1.807, 2.05) is 0 Å². The Kier molecular flexibility index (Phi) is 5.87. The van der Waals surface area contributed by atoms with Crippen molar-refractivity contribution in [1.82, 2.24) is 0 Å². The molecule has 110 valence electrons. The maximum absolute atomic E-state index is 11.0. The van der Waals surface area contributed by atoms with Gasteiger partial charge >= 0.3 is 29.8 Å². The minimum absolute atomic E-state index is 0.0267. The van der Waals surface area contributed by atoms with Crippen molar-refractivity contribution in [2.75, 3.05) is 0 Å². The van der Waals surface area contributed by atoms with E-state index in [-0.39, 0.29) is 6.08 Å². The highest BCUT2D eigenvalue weighted by molar-refractivity contribution is 6.01. The van der Waals surface area contributed by atoms with E-state index >= 15 is 0 Å².